The van der Waals surface area contributed by atoms with Gasteiger partial charge in [-0.25, -0.2) is 8.42 Å². The highest BCUT2D eigenvalue weighted by atomic mass is 32.2. The second-order valence-electron chi connectivity index (χ2n) is 5.96. The van der Waals surface area contributed by atoms with E-state index in [4.69, 9.17) is 4.74 Å². The maximum Gasteiger partial charge on any atom is 0.179 e. The first-order chi connectivity index (χ1) is 11.3. The number of ether oxygens (including phenoxy) is 1. The molecule has 0 radical (unpaired) electrons. The number of hydrogen-bond acceptors (Lipinski definition) is 4. The lowest BCUT2D eigenvalue weighted by atomic mass is 9.82. The zero-order chi connectivity index (χ0) is 17.8. The molecule has 0 saturated heterocycles. The zero-order valence-corrected chi connectivity index (χ0v) is 14.7. The van der Waals surface area contributed by atoms with Gasteiger partial charge in [0.2, 0.25) is 0 Å². The summed E-state index contributed by atoms with van der Waals surface area (Å²) < 4.78 is 30.4. The molecular formula is C19H22O4S. The molecule has 2 aromatic rings. The van der Waals surface area contributed by atoms with Gasteiger partial charge in [0.15, 0.2) is 9.84 Å². The van der Waals surface area contributed by atoms with Crippen LogP contribution < -0.4 is 4.74 Å². The molecule has 0 saturated carbocycles. The Balaban J connectivity index is 2.31. The van der Waals surface area contributed by atoms with Crippen LogP contribution in [0.2, 0.25) is 0 Å². The lowest BCUT2D eigenvalue weighted by Gasteiger charge is -2.31. The van der Waals surface area contributed by atoms with Crippen LogP contribution in [0.4, 0.5) is 0 Å². The minimum atomic E-state index is -3.55. The summed E-state index contributed by atoms with van der Waals surface area (Å²) in [6, 6.07) is 15.1. The maximum absolute atomic E-state index is 12.7. The van der Waals surface area contributed by atoms with E-state index < -0.39 is 21.4 Å². The normalized spacial score (nSPS) is 15.3. The third-order valence-corrected chi connectivity index (χ3v) is 6.12. The van der Waals surface area contributed by atoms with Gasteiger partial charge in [0.1, 0.15) is 5.75 Å². The van der Waals surface area contributed by atoms with Gasteiger partial charge in [0.25, 0.3) is 0 Å². The quantitative estimate of drug-likeness (QED) is 0.781. The molecule has 128 valence electrons. The molecule has 0 aliphatic carbocycles. The third-order valence-electron chi connectivity index (χ3n) is 4.13. The topological polar surface area (TPSA) is 63.6 Å². The van der Waals surface area contributed by atoms with Gasteiger partial charge < -0.3 is 9.84 Å². The minimum absolute atomic E-state index is 0.235. The molecule has 2 unspecified atom stereocenters. The van der Waals surface area contributed by atoms with Crippen molar-refractivity contribution in [1.82, 2.24) is 0 Å². The largest absolute Gasteiger partial charge is 0.497 e. The Kier molecular flexibility index (Phi) is 5.47. The summed E-state index contributed by atoms with van der Waals surface area (Å²) >= 11 is 0. The van der Waals surface area contributed by atoms with Crippen molar-refractivity contribution in [2.45, 2.75) is 17.9 Å². The molecule has 0 spiro atoms. The standard InChI is InChI=1S/C19H22O4S/c1-4-19(2,14-24(21,22)17-8-6-5-7-9-17)18(20)15-10-12-16(23-3)13-11-15/h4-13,18,20H,1,14H2,2-3H3. The van der Waals surface area contributed by atoms with Gasteiger partial charge in [0, 0.05) is 5.41 Å². The summed E-state index contributed by atoms with van der Waals surface area (Å²) in [5.41, 5.74) is -0.412. The van der Waals surface area contributed by atoms with Crippen LogP contribution in [0.5, 0.6) is 5.75 Å². The molecule has 0 amide bonds. The van der Waals surface area contributed by atoms with Crippen LogP contribution in [0, 0.1) is 5.41 Å². The first kappa shape index (κ1) is 18.2. The van der Waals surface area contributed by atoms with Gasteiger partial charge in [-0.1, -0.05) is 43.3 Å². The highest BCUT2D eigenvalue weighted by molar-refractivity contribution is 7.91. The van der Waals surface area contributed by atoms with Gasteiger partial charge in [-0.3, -0.25) is 0 Å². The maximum atomic E-state index is 12.7. The van der Waals surface area contributed by atoms with Crippen molar-refractivity contribution >= 4 is 9.84 Å². The van der Waals surface area contributed by atoms with Gasteiger partial charge in [-0.05, 0) is 29.8 Å². The Morgan fingerprint density at radius 2 is 1.75 bits per heavy atom. The second kappa shape index (κ2) is 7.20. The summed E-state index contributed by atoms with van der Waals surface area (Å²) in [6.07, 6.45) is 0.502. The van der Waals surface area contributed by atoms with Crippen LogP contribution in [0.15, 0.2) is 72.1 Å². The number of benzene rings is 2. The number of sulfone groups is 1. The summed E-state index contributed by atoms with van der Waals surface area (Å²) in [7, 11) is -1.99. The van der Waals surface area contributed by atoms with E-state index in [1.807, 2.05) is 0 Å². The molecule has 24 heavy (non-hydrogen) atoms. The Labute approximate surface area is 143 Å². The van der Waals surface area contributed by atoms with E-state index in [0.29, 0.717) is 11.3 Å². The van der Waals surface area contributed by atoms with Gasteiger partial charge in [-0.15, -0.1) is 6.58 Å². The fraction of sp³-hybridized carbons (Fsp3) is 0.263. The number of rotatable bonds is 7. The fourth-order valence-electron chi connectivity index (χ4n) is 2.54. The van der Waals surface area contributed by atoms with Crippen molar-refractivity contribution in [3.05, 3.63) is 72.8 Å². The van der Waals surface area contributed by atoms with Crippen LogP contribution in [0.1, 0.15) is 18.6 Å². The minimum Gasteiger partial charge on any atom is -0.497 e. The van der Waals surface area contributed by atoms with E-state index in [9.17, 15) is 13.5 Å². The predicted octanol–water partition coefficient (Wildman–Crippen LogP) is 3.39. The predicted molar refractivity (Wildman–Crippen MR) is 94.8 cm³/mol. The molecule has 0 heterocycles. The van der Waals surface area contributed by atoms with Crippen molar-refractivity contribution in [2.24, 2.45) is 5.41 Å². The Hall–Kier alpha value is -2.11. The summed E-state index contributed by atoms with van der Waals surface area (Å²) in [4.78, 5) is 0.236. The van der Waals surface area contributed by atoms with Crippen molar-refractivity contribution in [2.75, 3.05) is 12.9 Å². The van der Waals surface area contributed by atoms with Crippen LogP contribution in [-0.2, 0) is 9.84 Å². The summed E-state index contributed by atoms with van der Waals surface area (Å²) in [5.74, 6) is 0.434. The molecule has 0 aromatic heterocycles. The lowest BCUT2D eigenvalue weighted by molar-refractivity contribution is 0.0840. The van der Waals surface area contributed by atoms with E-state index in [1.165, 1.54) is 6.08 Å². The van der Waals surface area contributed by atoms with E-state index in [-0.39, 0.29) is 10.6 Å². The molecule has 0 aliphatic rings. The van der Waals surface area contributed by atoms with Gasteiger partial charge >= 0.3 is 0 Å². The molecule has 5 heteroatoms. The second-order valence-corrected chi connectivity index (χ2v) is 7.95. The molecule has 1 N–H and O–H groups in total. The molecule has 0 fully saturated rings. The van der Waals surface area contributed by atoms with E-state index in [2.05, 4.69) is 6.58 Å². The number of hydrogen-bond donors (Lipinski definition) is 1. The molecule has 4 nitrogen and oxygen atoms in total. The van der Waals surface area contributed by atoms with Crippen LogP contribution in [0.3, 0.4) is 0 Å². The van der Waals surface area contributed by atoms with E-state index in [1.54, 1.807) is 68.6 Å². The van der Waals surface area contributed by atoms with Gasteiger partial charge in [-0.2, -0.15) is 0 Å². The fourth-order valence-corrected chi connectivity index (χ4v) is 4.37. The van der Waals surface area contributed by atoms with Gasteiger partial charge in [0.05, 0.1) is 23.9 Å². The molecule has 0 aliphatic heterocycles. The van der Waals surface area contributed by atoms with Crippen molar-refractivity contribution < 1.29 is 18.3 Å². The van der Waals surface area contributed by atoms with Crippen molar-refractivity contribution in [3.8, 4) is 5.75 Å². The SMILES string of the molecule is C=CC(C)(CS(=O)(=O)c1ccccc1)C(O)c1ccc(OC)cc1. The monoisotopic (exact) mass is 346 g/mol. The Morgan fingerprint density at radius 3 is 2.25 bits per heavy atom. The highest BCUT2D eigenvalue weighted by Crippen LogP contribution is 2.38. The van der Waals surface area contributed by atoms with E-state index >= 15 is 0 Å². The Morgan fingerprint density at radius 1 is 1.17 bits per heavy atom. The molecule has 2 atom stereocenters. The first-order valence-electron chi connectivity index (χ1n) is 7.56. The zero-order valence-electron chi connectivity index (χ0n) is 13.8. The van der Waals surface area contributed by atoms with Crippen LogP contribution in [0.25, 0.3) is 0 Å². The van der Waals surface area contributed by atoms with Crippen molar-refractivity contribution in [1.29, 1.82) is 0 Å². The lowest BCUT2D eigenvalue weighted by Crippen LogP contribution is -2.31. The number of aliphatic hydroxyl groups excluding tert-OH is 1. The van der Waals surface area contributed by atoms with Crippen molar-refractivity contribution in [3.63, 3.8) is 0 Å². The van der Waals surface area contributed by atoms with Crippen LogP contribution >= 0.6 is 0 Å². The Bertz CT molecular complexity index is 782. The molecule has 2 rings (SSSR count). The summed E-state index contributed by atoms with van der Waals surface area (Å²) in [5, 5.41) is 10.7. The highest BCUT2D eigenvalue weighted by Gasteiger charge is 2.36. The molecule has 0 bridgehead atoms. The molecular weight excluding hydrogens is 324 g/mol. The van der Waals surface area contributed by atoms with Crippen LogP contribution in [-0.4, -0.2) is 26.4 Å². The average Bonchev–Trinajstić information content (AvgIpc) is 2.61. The van der Waals surface area contributed by atoms with E-state index in [0.717, 1.165) is 0 Å². The first-order valence-corrected chi connectivity index (χ1v) is 9.21. The average molecular weight is 346 g/mol. The molecule has 2 aromatic carbocycles. The smallest absolute Gasteiger partial charge is 0.179 e. The summed E-state index contributed by atoms with van der Waals surface area (Å²) in [6.45, 7) is 5.43. The number of methoxy groups -OCH3 is 1. The number of aliphatic hydroxyl groups is 1. The third kappa shape index (κ3) is 3.86.